The number of thioether (sulfide) groups is 1. The van der Waals surface area contributed by atoms with Gasteiger partial charge in [-0.15, -0.1) is 18.2 Å². The van der Waals surface area contributed by atoms with Crippen molar-refractivity contribution < 1.29 is 19.0 Å². The smallest absolute Gasteiger partial charge is 0.337 e. The Bertz CT molecular complexity index is 1580. The highest BCUT2D eigenvalue weighted by molar-refractivity contribution is 7.99. The number of ether oxygens (including phenoxy) is 3. The summed E-state index contributed by atoms with van der Waals surface area (Å²) >= 11 is 1.85. The van der Waals surface area contributed by atoms with Gasteiger partial charge in [-0.3, -0.25) is 4.90 Å². The molecule has 6 rings (SSSR count). The number of benzene rings is 2. The molecular formula is C33H34N4O4S. The molecule has 0 aliphatic carbocycles. The molecule has 0 N–H and O–H groups in total. The van der Waals surface area contributed by atoms with E-state index in [4.69, 9.17) is 30.6 Å². The van der Waals surface area contributed by atoms with Crippen LogP contribution in [0.5, 0.6) is 5.75 Å². The second-order valence-corrected chi connectivity index (χ2v) is 12.0. The van der Waals surface area contributed by atoms with Crippen LogP contribution in [0, 0.1) is 12.3 Å². The van der Waals surface area contributed by atoms with Gasteiger partial charge in [-0.2, -0.15) is 0 Å². The van der Waals surface area contributed by atoms with Gasteiger partial charge < -0.3 is 18.8 Å². The third-order valence-electron chi connectivity index (χ3n) is 7.80. The fraction of sp³-hybridized carbons (Fsp3) is 0.364. The summed E-state index contributed by atoms with van der Waals surface area (Å²) in [5.41, 5.74) is 4.12. The number of imidazole rings is 1. The number of likely N-dealkylation sites (tertiary alicyclic amines) is 1. The molecule has 0 radical (unpaired) electrons. The Morgan fingerprint density at radius 2 is 1.90 bits per heavy atom. The molecule has 0 spiro atoms. The molecule has 0 bridgehead atoms. The number of terminal acetylenes is 1. The molecule has 1 atom stereocenters. The minimum absolute atomic E-state index is 0.188. The average Bonchev–Trinajstić information content (AvgIpc) is 3.34. The molecule has 2 aromatic heterocycles. The molecule has 4 aromatic rings. The summed E-state index contributed by atoms with van der Waals surface area (Å²) in [6.45, 7) is 4.70. The maximum absolute atomic E-state index is 12.2. The summed E-state index contributed by atoms with van der Waals surface area (Å²) in [6, 6.07) is 19.2. The van der Waals surface area contributed by atoms with Gasteiger partial charge in [0.1, 0.15) is 18.2 Å². The molecule has 0 unspecified atom stereocenters. The van der Waals surface area contributed by atoms with Crippen molar-refractivity contribution in [2.75, 3.05) is 26.8 Å². The molecule has 4 heterocycles. The first-order chi connectivity index (χ1) is 20.6. The normalized spacial score (nSPS) is 17.5. The number of fused-ring (bicyclic) bond motifs is 1. The number of rotatable bonds is 10. The number of hydrogen-bond acceptors (Lipinski definition) is 8. The number of nitrogens with zero attached hydrogens (tertiary/aromatic N) is 4. The van der Waals surface area contributed by atoms with Crippen LogP contribution in [0.1, 0.15) is 46.7 Å². The first kappa shape index (κ1) is 28.3. The van der Waals surface area contributed by atoms with E-state index in [0.717, 1.165) is 90.9 Å². The van der Waals surface area contributed by atoms with E-state index >= 15 is 0 Å². The zero-order valence-corrected chi connectivity index (χ0v) is 24.5. The van der Waals surface area contributed by atoms with E-state index in [0.29, 0.717) is 17.4 Å². The van der Waals surface area contributed by atoms with E-state index in [9.17, 15) is 4.79 Å². The molecular weight excluding hydrogens is 548 g/mol. The molecule has 2 aromatic carbocycles. The van der Waals surface area contributed by atoms with Crippen molar-refractivity contribution in [1.29, 1.82) is 0 Å². The quantitative estimate of drug-likeness (QED) is 0.184. The van der Waals surface area contributed by atoms with Gasteiger partial charge in [0.15, 0.2) is 0 Å². The van der Waals surface area contributed by atoms with Crippen LogP contribution in [0.4, 0.5) is 0 Å². The molecule has 0 saturated carbocycles. The lowest BCUT2D eigenvalue weighted by Crippen LogP contribution is -2.36. The van der Waals surface area contributed by atoms with Crippen LogP contribution in [0.3, 0.4) is 0 Å². The largest absolute Gasteiger partial charge is 0.487 e. The van der Waals surface area contributed by atoms with Crippen molar-refractivity contribution >= 4 is 28.8 Å². The molecule has 216 valence electrons. The highest BCUT2D eigenvalue weighted by atomic mass is 32.2. The van der Waals surface area contributed by atoms with Crippen molar-refractivity contribution in [2.45, 2.75) is 55.3 Å². The summed E-state index contributed by atoms with van der Waals surface area (Å²) in [5.74, 6) is 4.07. The van der Waals surface area contributed by atoms with E-state index in [-0.39, 0.29) is 12.1 Å². The number of aromatic nitrogens is 3. The van der Waals surface area contributed by atoms with Crippen LogP contribution in [0.2, 0.25) is 0 Å². The summed E-state index contributed by atoms with van der Waals surface area (Å²) in [4.78, 5) is 24.4. The molecule has 2 fully saturated rings. The lowest BCUT2D eigenvalue weighted by Gasteiger charge is -2.32. The lowest BCUT2D eigenvalue weighted by molar-refractivity contribution is -0.0592. The Morgan fingerprint density at radius 3 is 2.62 bits per heavy atom. The zero-order valence-electron chi connectivity index (χ0n) is 23.7. The summed E-state index contributed by atoms with van der Waals surface area (Å²) in [5, 5.41) is 1.53. The van der Waals surface area contributed by atoms with Crippen molar-refractivity contribution in [3.8, 4) is 18.1 Å². The Morgan fingerprint density at radius 1 is 1.10 bits per heavy atom. The molecule has 9 heteroatoms. The fourth-order valence-electron chi connectivity index (χ4n) is 5.34. The van der Waals surface area contributed by atoms with Gasteiger partial charge in [-0.25, -0.2) is 14.8 Å². The fourth-order valence-corrected chi connectivity index (χ4v) is 6.45. The SMILES string of the molecule is C#Cc1ccc(OCc2cccc(SC3CCN(Cc4nc5ccc(C(=O)OC)cc5n4C[C@@H]4CCO4)CC3)n2)cc1. The van der Waals surface area contributed by atoms with E-state index in [2.05, 4.69) is 21.5 Å². The second kappa shape index (κ2) is 13.0. The van der Waals surface area contributed by atoms with E-state index < -0.39 is 0 Å². The number of carbonyl (C=O) groups excluding carboxylic acids is 1. The van der Waals surface area contributed by atoms with E-state index in [1.54, 1.807) is 6.07 Å². The minimum Gasteiger partial charge on any atom is -0.487 e. The third kappa shape index (κ3) is 6.62. The van der Waals surface area contributed by atoms with Crippen molar-refractivity contribution in [3.63, 3.8) is 0 Å². The molecule has 2 aliphatic heterocycles. The van der Waals surface area contributed by atoms with Crippen molar-refractivity contribution in [2.24, 2.45) is 0 Å². The summed E-state index contributed by atoms with van der Waals surface area (Å²) in [7, 11) is 1.41. The third-order valence-corrected chi connectivity index (χ3v) is 9.08. The van der Waals surface area contributed by atoms with Crippen LogP contribution in [-0.4, -0.2) is 63.6 Å². The van der Waals surface area contributed by atoms with E-state index in [1.165, 1.54) is 7.11 Å². The van der Waals surface area contributed by atoms with Gasteiger partial charge in [-0.1, -0.05) is 12.0 Å². The Hall–Kier alpha value is -3.84. The standard InChI is InChI=1S/C33H34N4O4S/c1-3-23-7-10-26(11-8-23)41-22-25-5-4-6-32(34-25)42-28-13-16-36(17-14-28)21-31-35-29-12-9-24(33(38)39-2)19-30(29)37(31)20-27-15-18-40-27/h1,4-12,19,27-28H,13-18,20-22H2,2H3/t27-/m0/s1. The summed E-state index contributed by atoms with van der Waals surface area (Å²) in [6.07, 6.45) is 8.82. The highest BCUT2D eigenvalue weighted by Gasteiger charge is 2.26. The number of hydrogen-bond donors (Lipinski definition) is 0. The molecule has 2 saturated heterocycles. The molecule has 2 aliphatic rings. The number of piperidine rings is 1. The summed E-state index contributed by atoms with van der Waals surface area (Å²) < 4.78 is 18.8. The van der Waals surface area contributed by atoms with E-state index in [1.807, 2.05) is 60.3 Å². The number of carbonyl (C=O) groups is 1. The van der Waals surface area contributed by atoms with Crippen LogP contribution in [0.15, 0.2) is 65.7 Å². The lowest BCUT2D eigenvalue weighted by atomic mass is 10.1. The highest BCUT2D eigenvalue weighted by Crippen LogP contribution is 2.31. The first-order valence-corrected chi connectivity index (χ1v) is 15.2. The van der Waals surface area contributed by atoms with Crippen LogP contribution in [0.25, 0.3) is 11.0 Å². The van der Waals surface area contributed by atoms with Gasteiger partial charge in [-0.05, 0) is 86.9 Å². The van der Waals surface area contributed by atoms with Crippen molar-refractivity contribution in [1.82, 2.24) is 19.4 Å². The van der Waals surface area contributed by atoms with Gasteiger partial charge in [0, 0.05) is 17.4 Å². The second-order valence-electron chi connectivity index (χ2n) is 10.6. The van der Waals surface area contributed by atoms with Gasteiger partial charge >= 0.3 is 5.97 Å². The molecule has 42 heavy (non-hydrogen) atoms. The minimum atomic E-state index is -0.339. The zero-order chi connectivity index (χ0) is 28.9. The molecule has 8 nitrogen and oxygen atoms in total. The maximum atomic E-state index is 12.2. The predicted molar refractivity (Wildman–Crippen MR) is 163 cm³/mol. The monoisotopic (exact) mass is 582 g/mol. The Labute approximate surface area is 250 Å². The van der Waals surface area contributed by atoms with Crippen LogP contribution < -0.4 is 4.74 Å². The van der Waals surface area contributed by atoms with Crippen molar-refractivity contribution in [3.05, 3.63) is 83.3 Å². The average molecular weight is 583 g/mol. The van der Waals surface area contributed by atoms with Gasteiger partial charge in [0.05, 0.1) is 53.6 Å². The molecule has 0 amide bonds. The number of esters is 1. The van der Waals surface area contributed by atoms with Gasteiger partial charge in [0.2, 0.25) is 0 Å². The van der Waals surface area contributed by atoms with Crippen LogP contribution >= 0.6 is 11.8 Å². The maximum Gasteiger partial charge on any atom is 0.337 e. The Balaban J connectivity index is 1.06. The Kier molecular flexibility index (Phi) is 8.75. The number of pyridine rings is 1. The first-order valence-electron chi connectivity index (χ1n) is 14.3. The topological polar surface area (TPSA) is 78.7 Å². The van der Waals surface area contributed by atoms with Gasteiger partial charge in [0.25, 0.3) is 0 Å². The predicted octanol–water partition coefficient (Wildman–Crippen LogP) is 5.32. The number of methoxy groups -OCH3 is 1. The van der Waals surface area contributed by atoms with Crippen LogP contribution in [-0.2, 0) is 29.2 Å².